The third kappa shape index (κ3) is 11.5. The normalized spacial score (nSPS) is 9.96. The number of carbonyl (C=O) groups excluding carboxylic acids is 1. The first-order valence-corrected chi connectivity index (χ1v) is 8.37. The molecule has 0 aliphatic carbocycles. The van der Waals surface area contributed by atoms with E-state index in [9.17, 15) is 9.36 Å². The maximum Gasteiger partial charge on any atom is 0.469 e. The summed E-state index contributed by atoms with van der Waals surface area (Å²) >= 11 is 0. The van der Waals surface area contributed by atoms with Gasteiger partial charge in [0.25, 0.3) is 0 Å². The van der Waals surface area contributed by atoms with Crippen molar-refractivity contribution in [2.24, 2.45) is 5.73 Å². The number of carbonyl (C=O) groups is 1. The summed E-state index contributed by atoms with van der Waals surface area (Å²) in [5.74, 6) is -0.265. The molecule has 0 heterocycles. The number of hydrogen-bond acceptors (Lipinski definition) is 4. The molecule has 0 saturated carbocycles. The lowest BCUT2D eigenvalue weighted by Gasteiger charge is -2.04. The van der Waals surface area contributed by atoms with E-state index in [0.29, 0.717) is 0 Å². The van der Waals surface area contributed by atoms with Gasteiger partial charge in [-0.1, -0.05) is 48.5 Å². The molecule has 0 radical (unpaired) electrons. The van der Waals surface area contributed by atoms with Crippen LogP contribution in [-0.4, -0.2) is 35.9 Å². The van der Waals surface area contributed by atoms with Gasteiger partial charge in [0, 0.05) is 13.5 Å². The Bertz CT molecular complexity index is 565. The van der Waals surface area contributed by atoms with Gasteiger partial charge in [0.05, 0.1) is 6.61 Å². The van der Waals surface area contributed by atoms with E-state index in [1.54, 1.807) is 0 Å². The molecule has 0 aliphatic heterocycles. The number of phosphoric ester groups is 1. The third-order valence-corrected chi connectivity index (χ3v) is 2.91. The number of nitrogens with one attached hydrogen (secondary N) is 1. The lowest BCUT2D eigenvalue weighted by Crippen LogP contribution is -2.23. The van der Waals surface area contributed by atoms with Gasteiger partial charge in [-0.2, -0.15) is 0 Å². The Hall–Kier alpha value is -1.76. The Kier molecular flexibility index (Phi) is 10.9. The molecular weight excluding hydrogens is 319 g/mol. The highest BCUT2D eigenvalue weighted by atomic mass is 31.2. The van der Waals surface area contributed by atoms with Crippen molar-refractivity contribution >= 4 is 24.5 Å². The maximum atomic E-state index is 10.2. The van der Waals surface area contributed by atoms with E-state index in [2.05, 4.69) is 64.1 Å². The number of fused-ring (bicyclic) bond motifs is 1. The average molecular weight is 342 g/mol. The molecule has 2 aromatic carbocycles. The summed E-state index contributed by atoms with van der Waals surface area (Å²) in [4.78, 5) is 26.5. The molecule has 0 fully saturated rings. The molecule has 2 rings (SSSR count). The second kappa shape index (κ2) is 11.8. The molecular formula is C15H23N2O5P. The zero-order valence-corrected chi connectivity index (χ0v) is 14.1. The molecule has 0 aromatic heterocycles. The highest BCUT2D eigenvalue weighted by molar-refractivity contribution is 7.46. The van der Waals surface area contributed by atoms with Crippen LogP contribution in [-0.2, 0) is 13.9 Å². The van der Waals surface area contributed by atoms with Gasteiger partial charge >= 0.3 is 7.82 Å². The van der Waals surface area contributed by atoms with Crippen LogP contribution in [0.1, 0.15) is 6.92 Å². The molecule has 8 heteroatoms. The zero-order valence-electron chi connectivity index (χ0n) is 13.2. The van der Waals surface area contributed by atoms with Gasteiger partial charge in [-0.3, -0.25) is 9.32 Å². The number of rotatable bonds is 4. The standard InChI is InChI=1S/C10H8.C4H10NO5P.CH5N/c1-2-6-10-8-4-3-7-9(10)5-1;1-4(6)5-2-3-10-11(7,8)9;1-2/h1-8H;2-3H2,1H3,(H,5,6)(H2,7,8,9);2H2,1H3. The summed E-state index contributed by atoms with van der Waals surface area (Å²) < 4.78 is 14.1. The second-order valence-electron chi connectivity index (χ2n) is 4.15. The second-order valence-corrected chi connectivity index (χ2v) is 5.39. The van der Waals surface area contributed by atoms with Crippen LogP contribution in [0.2, 0.25) is 0 Å². The number of hydrogen-bond donors (Lipinski definition) is 4. The fourth-order valence-electron chi connectivity index (χ4n) is 1.52. The molecule has 0 unspecified atom stereocenters. The van der Waals surface area contributed by atoms with E-state index in [-0.39, 0.29) is 19.1 Å². The number of amides is 1. The smallest absolute Gasteiger partial charge is 0.354 e. The van der Waals surface area contributed by atoms with Crippen LogP contribution >= 0.6 is 7.82 Å². The van der Waals surface area contributed by atoms with Crippen molar-refractivity contribution in [3.63, 3.8) is 0 Å². The van der Waals surface area contributed by atoms with E-state index in [0.717, 1.165) is 0 Å². The van der Waals surface area contributed by atoms with Gasteiger partial charge in [0.1, 0.15) is 0 Å². The average Bonchev–Trinajstić information content (AvgIpc) is 2.53. The van der Waals surface area contributed by atoms with Gasteiger partial charge in [-0.15, -0.1) is 0 Å². The predicted octanol–water partition coefficient (Wildman–Crippen LogP) is 1.65. The Morgan fingerprint density at radius 2 is 1.48 bits per heavy atom. The highest BCUT2D eigenvalue weighted by Crippen LogP contribution is 2.34. The molecule has 5 N–H and O–H groups in total. The zero-order chi connectivity index (χ0) is 17.7. The quantitative estimate of drug-likeness (QED) is 0.495. The van der Waals surface area contributed by atoms with Crippen LogP contribution in [0.5, 0.6) is 0 Å². The van der Waals surface area contributed by atoms with E-state index in [4.69, 9.17) is 9.79 Å². The van der Waals surface area contributed by atoms with E-state index >= 15 is 0 Å². The van der Waals surface area contributed by atoms with E-state index < -0.39 is 7.82 Å². The molecule has 1 amide bonds. The maximum absolute atomic E-state index is 10.2. The summed E-state index contributed by atoms with van der Waals surface area (Å²) in [6, 6.07) is 16.7. The Morgan fingerprint density at radius 3 is 1.78 bits per heavy atom. The minimum absolute atomic E-state index is 0.0977. The summed E-state index contributed by atoms with van der Waals surface area (Å²) in [6.07, 6.45) is 0. The molecule has 0 aliphatic rings. The summed E-state index contributed by atoms with van der Waals surface area (Å²) in [7, 11) is -2.88. The molecule has 23 heavy (non-hydrogen) atoms. The van der Waals surface area contributed by atoms with Gasteiger partial charge < -0.3 is 20.8 Å². The first-order chi connectivity index (χ1) is 10.9. The molecule has 0 saturated heterocycles. The minimum atomic E-state index is -4.38. The Balaban J connectivity index is 0.000000380. The van der Waals surface area contributed by atoms with Crippen molar-refractivity contribution in [2.75, 3.05) is 20.2 Å². The van der Waals surface area contributed by atoms with Crippen molar-refractivity contribution < 1.29 is 23.7 Å². The SMILES string of the molecule is CC(=O)NCCOP(=O)(O)O.CN.c1ccc2ccccc2c1. The van der Waals surface area contributed by atoms with Gasteiger partial charge in [-0.25, -0.2) is 4.57 Å². The first kappa shape index (κ1) is 21.2. The topological polar surface area (TPSA) is 122 Å². The minimum Gasteiger partial charge on any atom is -0.354 e. The van der Waals surface area contributed by atoms with Gasteiger partial charge in [-0.05, 0) is 17.8 Å². The predicted molar refractivity (Wildman–Crippen MR) is 90.7 cm³/mol. The molecule has 2 aromatic rings. The molecule has 7 nitrogen and oxygen atoms in total. The van der Waals surface area contributed by atoms with Crippen molar-refractivity contribution in [1.82, 2.24) is 5.32 Å². The number of phosphoric acid groups is 1. The Labute approximate surface area is 135 Å². The molecule has 0 bridgehead atoms. The van der Waals surface area contributed by atoms with Crippen LogP contribution in [0.4, 0.5) is 0 Å². The number of nitrogens with two attached hydrogens (primary N) is 1. The lowest BCUT2D eigenvalue weighted by atomic mass is 10.1. The first-order valence-electron chi connectivity index (χ1n) is 6.84. The van der Waals surface area contributed by atoms with Crippen LogP contribution in [0.25, 0.3) is 10.8 Å². The number of benzene rings is 2. The van der Waals surface area contributed by atoms with Crippen molar-refractivity contribution in [3.05, 3.63) is 48.5 Å². The fourth-order valence-corrected chi connectivity index (χ4v) is 1.85. The van der Waals surface area contributed by atoms with E-state index in [1.165, 1.54) is 24.7 Å². The Morgan fingerprint density at radius 1 is 1.09 bits per heavy atom. The summed E-state index contributed by atoms with van der Waals surface area (Å²) in [6.45, 7) is 1.21. The van der Waals surface area contributed by atoms with Crippen molar-refractivity contribution in [1.29, 1.82) is 0 Å². The van der Waals surface area contributed by atoms with Crippen LogP contribution < -0.4 is 11.1 Å². The third-order valence-electron chi connectivity index (χ3n) is 2.39. The van der Waals surface area contributed by atoms with Crippen molar-refractivity contribution in [3.8, 4) is 0 Å². The van der Waals surface area contributed by atoms with E-state index in [1.807, 2.05) is 0 Å². The molecule has 0 spiro atoms. The molecule has 128 valence electrons. The van der Waals surface area contributed by atoms with Gasteiger partial charge in [0.15, 0.2) is 0 Å². The van der Waals surface area contributed by atoms with Gasteiger partial charge in [0.2, 0.25) is 5.91 Å². The van der Waals surface area contributed by atoms with Crippen LogP contribution in [0.15, 0.2) is 48.5 Å². The van der Waals surface area contributed by atoms with Crippen LogP contribution in [0.3, 0.4) is 0 Å². The lowest BCUT2D eigenvalue weighted by molar-refractivity contribution is -0.119. The molecule has 0 atom stereocenters. The largest absolute Gasteiger partial charge is 0.469 e. The van der Waals surface area contributed by atoms with Crippen molar-refractivity contribution in [2.45, 2.75) is 6.92 Å². The monoisotopic (exact) mass is 342 g/mol. The summed E-state index contributed by atoms with van der Waals surface area (Å²) in [5.41, 5.74) is 4.50. The van der Waals surface area contributed by atoms with Crippen LogP contribution in [0, 0.1) is 0 Å². The summed E-state index contributed by atoms with van der Waals surface area (Å²) in [5, 5.41) is 4.93. The fraction of sp³-hybridized carbons (Fsp3) is 0.267. The highest BCUT2D eigenvalue weighted by Gasteiger charge is 2.12.